The van der Waals surface area contributed by atoms with E-state index in [1.165, 1.54) is 4.57 Å². The van der Waals surface area contributed by atoms with E-state index < -0.39 is 5.69 Å². The maximum atomic E-state index is 12.9. The van der Waals surface area contributed by atoms with Gasteiger partial charge in [-0.05, 0) is 36.7 Å². The SMILES string of the molecule is CCOc1ccccc1Cn1c(=O)[nH]c2c(-c3ccccn3)nsc2c1=O. The van der Waals surface area contributed by atoms with Crippen LogP contribution in [0.3, 0.4) is 0 Å². The zero-order chi connectivity index (χ0) is 18.8. The second-order valence-corrected chi connectivity index (χ2v) is 6.59. The second-order valence-electron chi connectivity index (χ2n) is 5.81. The molecule has 7 nitrogen and oxygen atoms in total. The first-order chi connectivity index (χ1) is 13.2. The zero-order valence-corrected chi connectivity index (χ0v) is 15.3. The van der Waals surface area contributed by atoms with E-state index in [4.69, 9.17) is 4.74 Å². The van der Waals surface area contributed by atoms with Gasteiger partial charge in [0.15, 0.2) is 0 Å². The first-order valence-electron chi connectivity index (χ1n) is 8.43. The highest BCUT2D eigenvalue weighted by atomic mass is 32.1. The predicted molar refractivity (Wildman–Crippen MR) is 104 cm³/mol. The standard InChI is InChI=1S/C19H16N4O3S/c1-2-26-14-9-4-3-7-12(14)11-23-18(24)17-16(21-19(23)25)15(22-27-17)13-8-5-6-10-20-13/h3-10H,2,11H2,1H3,(H,21,25). The van der Waals surface area contributed by atoms with E-state index in [0.29, 0.717) is 34.0 Å². The minimum atomic E-state index is -0.490. The molecule has 0 aliphatic heterocycles. The average Bonchev–Trinajstić information content (AvgIpc) is 3.11. The molecule has 0 aliphatic carbocycles. The largest absolute Gasteiger partial charge is 0.494 e. The number of ether oxygens (including phenoxy) is 1. The Bertz CT molecular complexity index is 1210. The zero-order valence-electron chi connectivity index (χ0n) is 14.5. The number of nitrogens with zero attached hydrogens (tertiary/aromatic N) is 3. The lowest BCUT2D eigenvalue weighted by Crippen LogP contribution is -2.35. The summed E-state index contributed by atoms with van der Waals surface area (Å²) in [5.41, 5.74) is 1.43. The number of H-pyrrole nitrogens is 1. The van der Waals surface area contributed by atoms with E-state index in [1.807, 2.05) is 37.3 Å². The second kappa shape index (κ2) is 7.16. The quantitative estimate of drug-likeness (QED) is 0.575. The van der Waals surface area contributed by atoms with Gasteiger partial charge in [0.25, 0.3) is 5.56 Å². The van der Waals surface area contributed by atoms with Crippen LogP contribution < -0.4 is 16.0 Å². The van der Waals surface area contributed by atoms with Gasteiger partial charge in [-0.3, -0.25) is 14.3 Å². The molecule has 0 saturated heterocycles. The van der Waals surface area contributed by atoms with Crippen LogP contribution in [0.25, 0.3) is 21.6 Å². The van der Waals surface area contributed by atoms with Crippen LogP contribution in [-0.4, -0.2) is 25.5 Å². The molecule has 0 spiro atoms. The molecule has 0 saturated carbocycles. The van der Waals surface area contributed by atoms with Crippen molar-refractivity contribution in [1.29, 1.82) is 0 Å². The van der Waals surface area contributed by atoms with Crippen molar-refractivity contribution in [2.45, 2.75) is 13.5 Å². The third kappa shape index (κ3) is 3.15. The van der Waals surface area contributed by atoms with Crippen LogP contribution in [0.2, 0.25) is 0 Å². The van der Waals surface area contributed by atoms with E-state index >= 15 is 0 Å². The topological polar surface area (TPSA) is 89.9 Å². The predicted octanol–water partition coefficient (Wildman–Crippen LogP) is 2.66. The molecule has 3 aromatic heterocycles. The summed E-state index contributed by atoms with van der Waals surface area (Å²) in [6.07, 6.45) is 1.64. The first-order valence-corrected chi connectivity index (χ1v) is 9.21. The van der Waals surface area contributed by atoms with E-state index in [1.54, 1.807) is 18.3 Å². The summed E-state index contributed by atoms with van der Waals surface area (Å²) in [5.74, 6) is 0.657. The van der Waals surface area contributed by atoms with Crippen LogP contribution in [0, 0.1) is 0 Å². The van der Waals surface area contributed by atoms with E-state index in [-0.39, 0.29) is 12.1 Å². The molecule has 4 aromatic rings. The molecule has 3 heterocycles. The van der Waals surface area contributed by atoms with Gasteiger partial charge in [0.1, 0.15) is 16.1 Å². The maximum absolute atomic E-state index is 12.9. The van der Waals surface area contributed by atoms with Crippen LogP contribution in [0.4, 0.5) is 0 Å². The molecule has 8 heteroatoms. The Morgan fingerprint density at radius 3 is 2.74 bits per heavy atom. The van der Waals surface area contributed by atoms with Gasteiger partial charge in [-0.25, -0.2) is 4.79 Å². The summed E-state index contributed by atoms with van der Waals surface area (Å²) in [4.78, 5) is 32.6. The molecule has 0 unspecified atom stereocenters. The Hall–Kier alpha value is -3.26. The highest BCUT2D eigenvalue weighted by Gasteiger charge is 2.17. The van der Waals surface area contributed by atoms with Gasteiger partial charge in [0, 0.05) is 11.8 Å². The Kier molecular flexibility index (Phi) is 4.55. The molecule has 4 rings (SSSR count). The number of para-hydroxylation sites is 1. The molecule has 0 aliphatic rings. The Morgan fingerprint density at radius 2 is 1.96 bits per heavy atom. The third-order valence-corrected chi connectivity index (χ3v) is 4.95. The van der Waals surface area contributed by atoms with E-state index in [0.717, 1.165) is 17.1 Å². The maximum Gasteiger partial charge on any atom is 0.329 e. The Labute approximate surface area is 158 Å². The van der Waals surface area contributed by atoms with Crippen molar-refractivity contribution in [3.63, 3.8) is 0 Å². The number of pyridine rings is 1. The summed E-state index contributed by atoms with van der Waals surface area (Å²) in [5, 5.41) is 0. The van der Waals surface area contributed by atoms with Gasteiger partial charge >= 0.3 is 5.69 Å². The molecular formula is C19H16N4O3S. The van der Waals surface area contributed by atoms with Gasteiger partial charge in [0.05, 0.1) is 24.4 Å². The fraction of sp³-hybridized carbons (Fsp3) is 0.158. The van der Waals surface area contributed by atoms with Crippen LogP contribution >= 0.6 is 11.5 Å². The molecule has 0 fully saturated rings. The number of hydrogen-bond donors (Lipinski definition) is 1. The fourth-order valence-corrected chi connectivity index (χ4v) is 3.66. The van der Waals surface area contributed by atoms with Crippen molar-refractivity contribution in [2.75, 3.05) is 6.61 Å². The molecule has 0 atom stereocenters. The molecule has 27 heavy (non-hydrogen) atoms. The molecule has 0 amide bonds. The smallest absolute Gasteiger partial charge is 0.329 e. The number of rotatable bonds is 5. The van der Waals surface area contributed by atoms with Crippen molar-refractivity contribution in [1.82, 2.24) is 18.9 Å². The van der Waals surface area contributed by atoms with Gasteiger partial charge in [0.2, 0.25) is 0 Å². The number of fused-ring (bicyclic) bond motifs is 1. The summed E-state index contributed by atoms with van der Waals surface area (Å²) in [6.45, 7) is 2.51. The van der Waals surface area contributed by atoms with Crippen molar-refractivity contribution in [3.8, 4) is 17.1 Å². The molecule has 1 aromatic carbocycles. The van der Waals surface area contributed by atoms with Crippen molar-refractivity contribution in [2.24, 2.45) is 0 Å². The minimum Gasteiger partial charge on any atom is -0.494 e. The van der Waals surface area contributed by atoms with Crippen LogP contribution in [0.1, 0.15) is 12.5 Å². The number of benzene rings is 1. The summed E-state index contributed by atoms with van der Waals surface area (Å²) in [6, 6.07) is 12.8. The average molecular weight is 380 g/mol. The van der Waals surface area contributed by atoms with Gasteiger partial charge in [-0.2, -0.15) is 4.37 Å². The molecule has 0 radical (unpaired) electrons. The van der Waals surface area contributed by atoms with E-state index in [2.05, 4.69) is 14.3 Å². The third-order valence-electron chi connectivity index (χ3n) is 4.12. The Balaban J connectivity index is 1.83. The van der Waals surface area contributed by atoms with E-state index in [9.17, 15) is 9.59 Å². The molecular weight excluding hydrogens is 364 g/mol. The van der Waals surface area contributed by atoms with Crippen molar-refractivity contribution >= 4 is 21.7 Å². The molecule has 1 N–H and O–H groups in total. The molecule has 136 valence electrons. The summed E-state index contributed by atoms with van der Waals surface area (Å²) in [7, 11) is 0. The first kappa shape index (κ1) is 17.2. The lowest BCUT2D eigenvalue weighted by atomic mass is 10.2. The monoisotopic (exact) mass is 380 g/mol. The Morgan fingerprint density at radius 1 is 1.15 bits per heavy atom. The lowest BCUT2D eigenvalue weighted by Gasteiger charge is -2.11. The van der Waals surface area contributed by atoms with Crippen LogP contribution in [0.5, 0.6) is 5.75 Å². The van der Waals surface area contributed by atoms with Crippen LogP contribution in [-0.2, 0) is 6.54 Å². The lowest BCUT2D eigenvalue weighted by molar-refractivity contribution is 0.335. The highest BCUT2D eigenvalue weighted by Crippen LogP contribution is 2.25. The summed E-state index contributed by atoms with van der Waals surface area (Å²) < 4.78 is 11.5. The fourth-order valence-electron chi connectivity index (χ4n) is 2.86. The number of nitrogens with one attached hydrogen (secondary N) is 1. The van der Waals surface area contributed by atoms with Crippen LogP contribution in [0.15, 0.2) is 58.3 Å². The van der Waals surface area contributed by atoms with Crippen molar-refractivity contribution < 1.29 is 4.74 Å². The van der Waals surface area contributed by atoms with Crippen molar-refractivity contribution in [3.05, 3.63) is 75.1 Å². The van der Waals surface area contributed by atoms with Gasteiger partial charge < -0.3 is 9.72 Å². The number of aromatic amines is 1. The normalized spacial score (nSPS) is 11.0. The van der Waals surface area contributed by atoms with Gasteiger partial charge in [-0.1, -0.05) is 24.3 Å². The highest BCUT2D eigenvalue weighted by molar-refractivity contribution is 7.13. The van der Waals surface area contributed by atoms with Gasteiger partial charge in [-0.15, -0.1) is 0 Å². The number of aromatic nitrogens is 4. The summed E-state index contributed by atoms with van der Waals surface area (Å²) >= 11 is 1.06. The number of hydrogen-bond acceptors (Lipinski definition) is 6. The minimum absolute atomic E-state index is 0.122. The molecule has 0 bridgehead atoms.